The van der Waals surface area contributed by atoms with Crippen LogP contribution in [-0.2, 0) is 0 Å². The Morgan fingerprint density at radius 3 is 2.80 bits per heavy atom. The van der Waals surface area contributed by atoms with Gasteiger partial charge in [-0.05, 0) is 66.2 Å². The molecule has 1 aromatic rings. The summed E-state index contributed by atoms with van der Waals surface area (Å²) in [6, 6.07) is 6.69. The van der Waals surface area contributed by atoms with Crippen molar-refractivity contribution in [2.24, 2.45) is 5.92 Å². The minimum Gasteiger partial charge on any atom is -0.365 e. The summed E-state index contributed by atoms with van der Waals surface area (Å²) in [5, 5.41) is 4.59. The Labute approximate surface area is 135 Å². The van der Waals surface area contributed by atoms with Crippen molar-refractivity contribution in [3.05, 3.63) is 27.7 Å². The Kier molecular flexibility index (Phi) is 4.04. The van der Waals surface area contributed by atoms with E-state index in [-0.39, 0.29) is 5.54 Å². The maximum absolute atomic E-state index is 6.08. The molecular formula is C16H22BrClN2. The highest BCUT2D eigenvalue weighted by Crippen LogP contribution is 2.43. The van der Waals surface area contributed by atoms with Crippen LogP contribution < -0.4 is 10.2 Å². The summed E-state index contributed by atoms with van der Waals surface area (Å²) in [5.41, 5.74) is 1.53. The second-order valence-corrected chi connectivity index (χ2v) is 7.65. The molecule has 0 radical (unpaired) electrons. The topological polar surface area (TPSA) is 15.3 Å². The number of benzene rings is 1. The van der Waals surface area contributed by atoms with E-state index in [4.69, 9.17) is 11.6 Å². The number of nitrogens with zero attached hydrogens (tertiary/aromatic N) is 1. The SMILES string of the molecule is CCC1CNC(C)(C2CC2)CN1c1ccc(Cl)cc1Br. The second kappa shape index (κ2) is 5.51. The van der Waals surface area contributed by atoms with Crippen molar-refractivity contribution >= 4 is 33.2 Å². The van der Waals surface area contributed by atoms with Crippen molar-refractivity contribution in [3.63, 3.8) is 0 Å². The molecule has 2 atom stereocenters. The molecule has 110 valence electrons. The van der Waals surface area contributed by atoms with E-state index in [0.29, 0.717) is 6.04 Å². The van der Waals surface area contributed by atoms with E-state index in [1.807, 2.05) is 12.1 Å². The van der Waals surface area contributed by atoms with Crippen molar-refractivity contribution in [2.45, 2.75) is 44.7 Å². The molecule has 2 fully saturated rings. The Morgan fingerprint density at radius 1 is 1.45 bits per heavy atom. The van der Waals surface area contributed by atoms with Gasteiger partial charge >= 0.3 is 0 Å². The van der Waals surface area contributed by atoms with Crippen LogP contribution in [0.15, 0.2) is 22.7 Å². The van der Waals surface area contributed by atoms with Crippen LogP contribution in [0.2, 0.25) is 5.02 Å². The lowest BCUT2D eigenvalue weighted by atomic mass is 9.90. The molecule has 2 nitrogen and oxygen atoms in total. The van der Waals surface area contributed by atoms with E-state index < -0.39 is 0 Å². The molecule has 1 N–H and O–H groups in total. The Morgan fingerprint density at radius 2 is 2.20 bits per heavy atom. The summed E-state index contributed by atoms with van der Waals surface area (Å²) < 4.78 is 1.10. The van der Waals surface area contributed by atoms with Crippen LogP contribution in [-0.4, -0.2) is 24.7 Å². The molecule has 0 bridgehead atoms. The van der Waals surface area contributed by atoms with Gasteiger partial charge in [0, 0.05) is 34.2 Å². The van der Waals surface area contributed by atoms with Crippen LogP contribution in [0, 0.1) is 5.92 Å². The molecule has 1 aliphatic carbocycles. The van der Waals surface area contributed by atoms with Crippen molar-refractivity contribution in [3.8, 4) is 0 Å². The summed E-state index contributed by atoms with van der Waals surface area (Å²) in [6.07, 6.45) is 3.90. The van der Waals surface area contributed by atoms with E-state index >= 15 is 0 Å². The lowest BCUT2D eigenvalue weighted by Gasteiger charge is -2.48. The zero-order chi connectivity index (χ0) is 14.3. The summed E-state index contributed by atoms with van der Waals surface area (Å²) in [5.74, 6) is 0.842. The third-order valence-electron chi connectivity index (χ3n) is 4.85. The largest absolute Gasteiger partial charge is 0.365 e. The van der Waals surface area contributed by atoms with Gasteiger partial charge in [-0.2, -0.15) is 0 Å². The molecule has 1 saturated carbocycles. The van der Waals surface area contributed by atoms with Crippen LogP contribution in [0.4, 0.5) is 5.69 Å². The highest BCUT2D eigenvalue weighted by molar-refractivity contribution is 9.10. The fourth-order valence-electron chi connectivity index (χ4n) is 3.35. The lowest BCUT2D eigenvalue weighted by Crippen LogP contribution is -2.64. The predicted molar refractivity (Wildman–Crippen MR) is 89.7 cm³/mol. The maximum Gasteiger partial charge on any atom is 0.0515 e. The average molecular weight is 358 g/mol. The fraction of sp³-hybridized carbons (Fsp3) is 0.625. The number of piperazine rings is 1. The van der Waals surface area contributed by atoms with Gasteiger partial charge in [0.1, 0.15) is 0 Å². The molecule has 1 saturated heterocycles. The zero-order valence-electron chi connectivity index (χ0n) is 12.1. The molecule has 1 aromatic carbocycles. The summed E-state index contributed by atoms with van der Waals surface area (Å²) in [7, 11) is 0. The van der Waals surface area contributed by atoms with Gasteiger partial charge in [-0.3, -0.25) is 0 Å². The third kappa shape index (κ3) is 2.72. The summed E-state index contributed by atoms with van der Waals surface area (Å²) in [6.45, 7) is 6.80. The number of hydrogen-bond donors (Lipinski definition) is 1. The number of anilines is 1. The Bertz CT molecular complexity index is 503. The van der Waals surface area contributed by atoms with E-state index in [1.54, 1.807) is 0 Å². The maximum atomic E-state index is 6.08. The molecule has 2 aliphatic rings. The van der Waals surface area contributed by atoms with Gasteiger partial charge in [0.25, 0.3) is 0 Å². The highest BCUT2D eigenvalue weighted by Gasteiger charge is 2.46. The standard InChI is InChI=1S/C16H22BrClN2/c1-3-13-9-19-16(2,11-4-5-11)10-20(13)15-7-6-12(18)8-14(15)17/h6-8,11,13,19H,3-5,9-10H2,1-2H3. The molecule has 4 heteroatoms. The van der Waals surface area contributed by atoms with E-state index in [0.717, 1.165) is 34.9 Å². The fourth-order valence-corrected chi connectivity index (χ4v) is 4.27. The third-order valence-corrected chi connectivity index (χ3v) is 5.72. The van der Waals surface area contributed by atoms with Gasteiger partial charge < -0.3 is 10.2 Å². The Balaban J connectivity index is 1.90. The molecule has 3 rings (SSSR count). The van der Waals surface area contributed by atoms with Gasteiger partial charge in [0.2, 0.25) is 0 Å². The van der Waals surface area contributed by atoms with Crippen LogP contribution in [0.3, 0.4) is 0 Å². The normalized spacial score (nSPS) is 30.6. The van der Waals surface area contributed by atoms with Gasteiger partial charge in [-0.1, -0.05) is 18.5 Å². The molecule has 2 unspecified atom stereocenters. The molecule has 0 amide bonds. The van der Waals surface area contributed by atoms with Crippen molar-refractivity contribution in [1.82, 2.24) is 5.32 Å². The van der Waals surface area contributed by atoms with Crippen molar-refractivity contribution in [1.29, 1.82) is 0 Å². The first-order chi connectivity index (χ1) is 9.53. The minimum absolute atomic E-state index is 0.255. The molecule has 1 heterocycles. The summed E-state index contributed by atoms with van der Waals surface area (Å²) in [4.78, 5) is 2.56. The molecule has 20 heavy (non-hydrogen) atoms. The zero-order valence-corrected chi connectivity index (χ0v) is 14.5. The monoisotopic (exact) mass is 356 g/mol. The molecule has 0 spiro atoms. The minimum atomic E-state index is 0.255. The van der Waals surface area contributed by atoms with Crippen molar-refractivity contribution in [2.75, 3.05) is 18.0 Å². The van der Waals surface area contributed by atoms with Gasteiger partial charge in [0.05, 0.1) is 5.69 Å². The van der Waals surface area contributed by atoms with E-state index in [1.165, 1.54) is 18.5 Å². The van der Waals surface area contributed by atoms with E-state index in [2.05, 4.69) is 46.1 Å². The van der Waals surface area contributed by atoms with Crippen LogP contribution >= 0.6 is 27.5 Å². The number of rotatable bonds is 3. The first-order valence-corrected chi connectivity index (χ1v) is 8.67. The number of halogens is 2. The molecule has 1 aliphatic heterocycles. The van der Waals surface area contributed by atoms with Crippen LogP contribution in [0.1, 0.15) is 33.1 Å². The van der Waals surface area contributed by atoms with Gasteiger partial charge in [-0.15, -0.1) is 0 Å². The smallest absolute Gasteiger partial charge is 0.0515 e. The van der Waals surface area contributed by atoms with Crippen LogP contribution in [0.25, 0.3) is 0 Å². The van der Waals surface area contributed by atoms with E-state index in [9.17, 15) is 0 Å². The Hall–Kier alpha value is -0.250. The quantitative estimate of drug-likeness (QED) is 0.859. The van der Waals surface area contributed by atoms with Gasteiger partial charge in [0.15, 0.2) is 0 Å². The first kappa shape index (κ1) is 14.7. The van der Waals surface area contributed by atoms with Gasteiger partial charge in [-0.25, -0.2) is 0 Å². The second-order valence-electron chi connectivity index (χ2n) is 6.36. The van der Waals surface area contributed by atoms with Crippen molar-refractivity contribution < 1.29 is 0 Å². The number of hydrogen-bond acceptors (Lipinski definition) is 2. The predicted octanol–water partition coefficient (Wildman–Crippen LogP) is 4.46. The molecular weight excluding hydrogens is 336 g/mol. The average Bonchev–Trinajstić information content (AvgIpc) is 3.23. The lowest BCUT2D eigenvalue weighted by molar-refractivity contribution is 0.252. The number of nitrogens with one attached hydrogen (secondary N) is 1. The highest BCUT2D eigenvalue weighted by atomic mass is 79.9. The first-order valence-electron chi connectivity index (χ1n) is 7.50. The summed E-state index contributed by atoms with van der Waals surface area (Å²) >= 11 is 9.76. The van der Waals surface area contributed by atoms with Crippen LogP contribution in [0.5, 0.6) is 0 Å². The molecule has 0 aromatic heterocycles.